The van der Waals surface area contributed by atoms with Crippen LogP contribution in [0.5, 0.6) is 0 Å². The van der Waals surface area contributed by atoms with E-state index in [9.17, 15) is 0 Å². The van der Waals surface area contributed by atoms with E-state index in [1.807, 2.05) is 0 Å². The normalized spacial score (nSPS) is 20.9. The molecule has 12 aromatic carbocycles. The zero-order chi connectivity index (χ0) is 62.3. The van der Waals surface area contributed by atoms with E-state index in [0.29, 0.717) is 0 Å². The molecule has 0 fully saturated rings. The Labute approximate surface area is 558 Å². The van der Waals surface area contributed by atoms with E-state index in [1.165, 1.54) is 220 Å². The lowest BCUT2D eigenvalue weighted by Crippen LogP contribution is -2.28. The van der Waals surface area contributed by atoms with Gasteiger partial charge in [0.1, 0.15) is 0 Å². The molecular formula is C92H48N6. The fraction of sp³-hybridized carbons (Fsp3) is 0.0870. The van der Waals surface area contributed by atoms with E-state index in [0.717, 1.165) is 22.1 Å². The summed E-state index contributed by atoms with van der Waals surface area (Å²) in [6.07, 6.45) is 9.06. The third-order valence-corrected chi connectivity index (χ3v) is 26.3. The topological polar surface area (TPSA) is 60.4 Å². The number of nitrogens with zero attached hydrogens (tertiary/aromatic N) is 6. The Morgan fingerprint density at radius 2 is 0.357 bits per heavy atom. The minimum absolute atomic E-state index is 0.00247. The zero-order valence-electron chi connectivity index (χ0n) is 52.4. The standard InChI is InChI=1S/C92H48N6/c1-9-25-49-41(17-1)65-42-18-2-10-26-50(42)71(49)87-83(65)79-61(37-93-87)97-62-38-94-88-72-51-27-11-3-19-43(51)66(44-20-4-12-28-52(44)72)84(88)80(62)76-58-35-36-60-70-59(34-33-57(69(58)70)75(79)91(76)97)77-81-63(39-95-89-73-53-29-13-5-21-45(53)67(85(81)89)46-22-6-14-30-54(46)73)98-64-40-96-90-74-55-31-15-7-23-47(55)68(48-24-8-16-32-56(48)74)86(90)82(64)78(60)92(77)98/h1-40,65-68,71-74H. The van der Waals surface area contributed by atoms with Crippen molar-refractivity contribution >= 4 is 109 Å². The second-order valence-electron chi connectivity index (χ2n) is 29.7. The van der Waals surface area contributed by atoms with Gasteiger partial charge >= 0.3 is 0 Å². The lowest BCUT2D eigenvalue weighted by Gasteiger charge is -2.42. The van der Waals surface area contributed by atoms with Crippen molar-refractivity contribution in [3.63, 3.8) is 0 Å². The fourth-order valence-electron chi connectivity index (χ4n) is 23.3. The fourth-order valence-corrected chi connectivity index (χ4v) is 23.3. The maximum absolute atomic E-state index is 5.79. The molecule has 8 heterocycles. The smallest absolute Gasteiger partial charge is 0.0729 e. The summed E-state index contributed by atoms with van der Waals surface area (Å²) in [6, 6.07) is 84.5. The molecule has 20 aromatic rings. The van der Waals surface area contributed by atoms with Gasteiger partial charge in [0.05, 0.1) is 104 Å². The van der Waals surface area contributed by atoms with Crippen LogP contribution in [-0.2, 0) is 0 Å². The van der Waals surface area contributed by atoms with Gasteiger partial charge in [-0.25, -0.2) is 0 Å². The highest BCUT2D eigenvalue weighted by molar-refractivity contribution is 6.48. The first kappa shape index (κ1) is 48.6. The molecule has 446 valence electrons. The predicted molar refractivity (Wildman–Crippen MR) is 390 cm³/mol. The Bertz CT molecular complexity index is 6280. The molecule has 0 unspecified atom stereocenters. The van der Waals surface area contributed by atoms with Crippen molar-refractivity contribution in [3.8, 4) is 0 Å². The Morgan fingerprint density at radius 3 is 0.541 bits per heavy atom. The molecular weight excluding hydrogens is 1190 g/mol. The van der Waals surface area contributed by atoms with Crippen LogP contribution in [0.4, 0.5) is 0 Å². The molecule has 0 atom stereocenters. The Hall–Kier alpha value is -12.1. The molecule has 6 heteroatoms. The molecule has 0 saturated heterocycles. The maximum atomic E-state index is 5.79. The summed E-state index contributed by atoms with van der Waals surface area (Å²) in [7, 11) is 0. The van der Waals surface area contributed by atoms with Crippen LogP contribution < -0.4 is 0 Å². The SMILES string of the molecule is c1ccc2c(c1)C1c3ccccc3C2c2c1ncc1c2c2c3ccc4c5c(ccc(c35)c3c5c6c(ncc5n1c23)C1c2ccccc2C6c2ccccc21)c1c2c3c(ncc2n2c5cnc6c(c5c4c12)C1c2ccccc2C6c2ccccc21)C1c2ccccc2C3c2ccccc21. The molecule has 12 aliphatic carbocycles. The van der Waals surface area contributed by atoms with Crippen LogP contribution in [0, 0.1) is 0 Å². The number of benzene rings is 12. The first-order chi connectivity index (χ1) is 48.8. The van der Waals surface area contributed by atoms with Crippen LogP contribution in [0.25, 0.3) is 109 Å². The number of pyridine rings is 4. The number of fused-ring (bicyclic) bond motifs is 16. The van der Waals surface area contributed by atoms with Crippen LogP contribution in [0.15, 0.2) is 243 Å². The molecule has 12 aliphatic rings. The third-order valence-electron chi connectivity index (χ3n) is 26.3. The highest BCUT2D eigenvalue weighted by atomic mass is 15.0. The van der Waals surface area contributed by atoms with Gasteiger partial charge in [0.25, 0.3) is 0 Å². The van der Waals surface area contributed by atoms with Gasteiger partial charge in [0, 0.05) is 66.8 Å². The summed E-state index contributed by atoms with van der Waals surface area (Å²) in [5.74, 6) is 0.0770. The first-order valence-electron chi connectivity index (χ1n) is 35.0. The van der Waals surface area contributed by atoms with Crippen molar-refractivity contribution in [1.29, 1.82) is 0 Å². The van der Waals surface area contributed by atoms with Gasteiger partial charge in [-0.2, -0.15) is 0 Å². The minimum Gasteiger partial charge on any atom is -0.305 e. The average Bonchev–Trinajstić information content (AvgIpc) is 1.46. The van der Waals surface area contributed by atoms with Crippen LogP contribution in [0.2, 0.25) is 0 Å². The largest absolute Gasteiger partial charge is 0.305 e. The summed E-state index contributed by atoms with van der Waals surface area (Å²) in [6.45, 7) is 0. The van der Waals surface area contributed by atoms with Gasteiger partial charge in [-0.15, -0.1) is 0 Å². The average molecular weight is 1240 g/mol. The molecule has 32 rings (SSSR count). The molecule has 0 aliphatic heterocycles. The van der Waals surface area contributed by atoms with Crippen molar-refractivity contribution < 1.29 is 0 Å². The number of aromatic nitrogens is 6. The van der Waals surface area contributed by atoms with E-state index in [2.05, 4.69) is 252 Å². The molecule has 0 spiro atoms. The lowest BCUT2D eigenvalue weighted by atomic mass is 9.61. The quantitative estimate of drug-likeness (QED) is 0.142. The zero-order valence-corrected chi connectivity index (χ0v) is 52.4. The molecule has 0 amide bonds. The van der Waals surface area contributed by atoms with Gasteiger partial charge in [-0.05, 0) is 144 Å². The van der Waals surface area contributed by atoms with Crippen molar-refractivity contribution in [3.05, 3.63) is 377 Å². The van der Waals surface area contributed by atoms with Crippen LogP contribution >= 0.6 is 0 Å². The van der Waals surface area contributed by atoms with Gasteiger partial charge in [0.15, 0.2) is 0 Å². The van der Waals surface area contributed by atoms with Crippen molar-refractivity contribution in [2.45, 2.75) is 47.3 Å². The summed E-state index contributed by atoms with van der Waals surface area (Å²) < 4.78 is 5.28. The van der Waals surface area contributed by atoms with E-state index in [4.69, 9.17) is 19.9 Å². The highest BCUT2D eigenvalue weighted by Crippen LogP contribution is 2.66. The molecule has 8 aromatic heterocycles. The number of hydrogen-bond donors (Lipinski definition) is 0. The van der Waals surface area contributed by atoms with Gasteiger partial charge in [0.2, 0.25) is 0 Å². The van der Waals surface area contributed by atoms with E-state index in [1.54, 1.807) is 0 Å². The van der Waals surface area contributed by atoms with Gasteiger partial charge in [-0.3, -0.25) is 19.9 Å². The second kappa shape index (κ2) is 15.9. The van der Waals surface area contributed by atoms with Crippen molar-refractivity contribution in [1.82, 2.24) is 28.7 Å². The van der Waals surface area contributed by atoms with E-state index in [-0.39, 0.29) is 47.3 Å². The Kier molecular flexibility index (Phi) is 7.87. The lowest BCUT2D eigenvalue weighted by molar-refractivity contribution is 0.734. The van der Waals surface area contributed by atoms with Gasteiger partial charge in [-0.1, -0.05) is 218 Å². The number of rotatable bonds is 0. The molecule has 98 heavy (non-hydrogen) atoms. The maximum Gasteiger partial charge on any atom is 0.0729 e. The van der Waals surface area contributed by atoms with Crippen LogP contribution in [-0.4, -0.2) is 28.7 Å². The first-order valence-corrected chi connectivity index (χ1v) is 35.0. The van der Waals surface area contributed by atoms with E-state index < -0.39 is 0 Å². The molecule has 0 radical (unpaired) electrons. The van der Waals surface area contributed by atoms with Crippen molar-refractivity contribution in [2.24, 2.45) is 0 Å². The highest BCUT2D eigenvalue weighted by Gasteiger charge is 2.50. The molecule has 0 N–H and O–H groups in total. The monoisotopic (exact) mass is 1240 g/mol. The molecule has 8 bridgehead atoms. The summed E-state index contributed by atoms with van der Waals surface area (Å²) >= 11 is 0. The van der Waals surface area contributed by atoms with E-state index >= 15 is 0 Å². The summed E-state index contributed by atoms with van der Waals surface area (Å²) in [5.41, 5.74) is 39.5. The van der Waals surface area contributed by atoms with Crippen LogP contribution in [0.3, 0.4) is 0 Å². The summed E-state index contributed by atoms with van der Waals surface area (Å²) in [5, 5.41) is 18.4. The second-order valence-corrected chi connectivity index (χ2v) is 29.7. The Balaban J connectivity index is 0.866. The number of hydrogen-bond acceptors (Lipinski definition) is 4. The summed E-state index contributed by atoms with van der Waals surface area (Å²) in [4.78, 5) is 23.2. The van der Waals surface area contributed by atoms with Gasteiger partial charge < -0.3 is 8.80 Å². The third kappa shape index (κ3) is 4.93. The van der Waals surface area contributed by atoms with Crippen molar-refractivity contribution in [2.75, 3.05) is 0 Å². The minimum atomic E-state index is 0.00247. The molecule has 6 nitrogen and oxygen atoms in total. The van der Waals surface area contributed by atoms with Crippen LogP contribution in [0.1, 0.15) is 181 Å². The Morgan fingerprint density at radius 1 is 0.184 bits per heavy atom. The molecule has 0 saturated carbocycles. The predicted octanol–water partition coefficient (Wildman–Crippen LogP) is 20.4.